The highest BCUT2D eigenvalue weighted by atomic mass is 32.2. The molecule has 0 aromatic heterocycles. The van der Waals surface area contributed by atoms with E-state index in [0.29, 0.717) is 12.2 Å². The Morgan fingerprint density at radius 3 is 2.23 bits per heavy atom. The van der Waals surface area contributed by atoms with Gasteiger partial charge in [0.05, 0.1) is 14.2 Å². The zero-order valence-corrected chi connectivity index (χ0v) is 19.2. The van der Waals surface area contributed by atoms with Crippen LogP contribution in [0.15, 0.2) is 65.2 Å². The van der Waals surface area contributed by atoms with E-state index in [1.54, 1.807) is 7.11 Å². The predicted octanol–water partition coefficient (Wildman–Crippen LogP) is 5.29. The second-order valence-electron chi connectivity index (χ2n) is 7.21. The molecule has 31 heavy (non-hydrogen) atoms. The minimum absolute atomic E-state index is 0.111. The quantitative estimate of drug-likeness (QED) is 0.398. The molecule has 0 saturated carbocycles. The molecule has 7 heteroatoms. The van der Waals surface area contributed by atoms with Crippen LogP contribution >= 0.6 is 11.8 Å². The lowest BCUT2D eigenvalue weighted by Crippen LogP contribution is -2.30. The standard InChI is InChI=1S/C24H29NO5S/c1-17(2)14-21(31-16-19-10-12-20(28-3)13-11-19)22(23(26)29-4)25-24(27)30-15-18-8-6-5-7-9-18/h5-13,17H,14-16H2,1-4H3,(H,25,27)/b22-21+. The van der Waals surface area contributed by atoms with E-state index < -0.39 is 12.1 Å². The van der Waals surface area contributed by atoms with Gasteiger partial charge in [-0.05, 0) is 35.6 Å². The van der Waals surface area contributed by atoms with Crippen molar-refractivity contribution in [2.75, 3.05) is 14.2 Å². The zero-order valence-electron chi connectivity index (χ0n) is 18.3. The first-order valence-electron chi connectivity index (χ1n) is 9.97. The first-order chi connectivity index (χ1) is 14.9. The maximum absolute atomic E-state index is 12.5. The topological polar surface area (TPSA) is 73.9 Å². The lowest BCUT2D eigenvalue weighted by atomic mass is 10.1. The van der Waals surface area contributed by atoms with Gasteiger partial charge in [-0.25, -0.2) is 9.59 Å². The predicted molar refractivity (Wildman–Crippen MR) is 123 cm³/mol. The second-order valence-corrected chi connectivity index (χ2v) is 8.28. The van der Waals surface area contributed by atoms with Gasteiger partial charge < -0.3 is 14.2 Å². The Balaban J connectivity index is 2.15. The Kier molecular flexibility index (Phi) is 9.97. The summed E-state index contributed by atoms with van der Waals surface area (Å²) in [6.07, 6.45) is -0.0833. The maximum atomic E-state index is 12.5. The number of carbonyl (C=O) groups is 2. The number of methoxy groups -OCH3 is 2. The fraction of sp³-hybridized carbons (Fsp3) is 0.333. The summed E-state index contributed by atoms with van der Waals surface area (Å²) in [7, 11) is 2.92. The van der Waals surface area contributed by atoms with Gasteiger partial charge in [-0.1, -0.05) is 56.3 Å². The normalized spacial score (nSPS) is 11.5. The van der Waals surface area contributed by atoms with E-state index in [0.717, 1.165) is 21.8 Å². The molecule has 0 atom stereocenters. The molecule has 166 valence electrons. The van der Waals surface area contributed by atoms with Crippen LogP contribution in [-0.4, -0.2) is 26.3 Å². The van der Waals surface area contributed by atoms with Crippen LogP contribution in [0.1, 0.15) is 31.4 Å². The summed E-state index contributed by atoms with van der Waals surface area (Å²) in [5.74, 6) is 1.09. The number of rotatable bonds is 10. The molecule has 0 saturated heterocycles. The minimum atomic E-state index is -0.699. The van der Waals surface area contributed by atoms with E-state index in [2.05, 4.69) is 19.2 Å². The van der Waals surface area contributed by atoms with Crippen LogP contribution in [-0.2, 0) is 26.6 Å². The van der Waals surface area contributed by atoms with Crippen molar-refractivity contribution in [3.05, 3.63) is 76.3 Å². The average Bonchev–Trinajstić information content (AvgIpc) is 2.79. The number of hydrogen-bond donors (Lipinski definition) is 1. The molecular formula is C24H29NO5S. The molecule has 1 amide bonds. The van der Waals surface area contributed by atoms with E-state index in [9.17, 15) is 9.59 Å². The molecular weight excluding hydrogens is 414 g/mol. The number of thioether (sulfide) groups is 1. The number of carbonyl (C=O) groups excluding carboxylic acids is 2. The molecule has 0 fully saturated rings. The van der Waals surface area contributed by atoms with Gasteiger partial charge in [-0.15, -0.1) is 11.8 Å². The molecule has 6 nitrogen and oxygen atoms in total. The van der Waals surface area contributed by atoms with Crippen molar-refractivity contribution in [2.24, 2.45) is 5.92 Å². The van der Waals surface area contributed by atoms with Gasteiger partial charge >= 0.3 is 12.1 Å². The van der Waals surface area contributed by atoms with E-state index in [-0.39, 0.29) is 18.2 Å². The largest absolute Gasteiger partial charge is 0.497 e. The summed E-state index contributed by atoms with van der Waals surface area (Å²) < 4.78 is 15.4. The van der Waals surface area contributed by atoms with Gasteiger partial charge in [0, 0.05) is 10.7 Å². The van der Waals surface area contributed by atoms with Gasteiger partial charge in [0.25, 0.3) is 0 Å². The number of nitrogens with one attached hydrogen (secondary N) is 1. The van der Waals surface area contributed by atoms with E-state index >= 15 is 0 Å². The third-order valence-electron chi connectivity index (χ3n) is 4.27. The summed E-state index contributed by atoms with van der Waals surface area (Å²) in [6, 6.07) is 17.1. The van der Waals surface area contributed by atoms with E-state index in [1.165, 1.54) is 18.9 Å². The summed E-state index contributed by atoms with van der Waals surface area (Å²) in [6.45, 7) is 4.22. The van der Waals surface area contributed by atoms with Gasteiger partial charge in [-0.3, -0.25) is 5.32 Å². The SMILES string of the molecule is COC(=O)/C(NC(=O)OCc1ccccc1)=C(/CC(C)C)SCc1ccc(OC)cc1. The molecule has 0 bridgehead atoms. The molecule has 0 heterocycles. The fourth-order valence-electron chi connectivity index (χ4n) is 2.69. The van der Waals surface area contributed by atoms with Crippen molar-refractivity contribution in [2.45, 2.75) is 32.6 Å². The lowest BCUT2D eigenvalue weighted by Gasteiger charge is -2.16. The Morgan fingerprint density at radius 1 is 0.968 bits per heavy atom. The molecule has 1 N–H and O–H groups in total. The molecule has 0 radical (unpaired) electrons. The van der Waals surface area contributed by atoms with Gasteiger partial charge in [-0.2, -0.15) is 0 Å². The van der Waals surface area contributed by atoms with Crippen LogP contribution in [0.2, 0.25) is 0 Å². The summed E-state index contributed by atoms with van der Waals surface area (Å²) >= 11 is 1.49. The monoisotopic (exact) mass is 443 g/mol. The Morgan fingerprint density at radius 2 is 1.65 bits per heavy atom. The van der Waals surface area contributed by atoms with E-state index in [4.69, 9.17) is 14.2 Å². The van der Waals surface area contributed by atoms with Crippen molar-refractivity contribution >= 4 is 23.8 Å². The first kappa shape index (κ1) is 24.3. The van der Waals surface area contributed by atoms with Crippen LogP contribution in [0.5, 0.6) is 5.75 Å². The van der Waals surface area contributed by atoms with Crippen LogP contribution in [0.3, 0.4) is 0 Å². The van der Waals surface area contributed by atoms with Crippen molar-refractivity contribution in [1.29, 1.82) is 0 Å². The van der Waals surface area contributed by atoms with Gasteiger partial charge in [0.15, 0.2) is 0 Å². The number of amides is 1. The van der Waals surface area contributed by atoms with E-state index in [1.807, 2.05) is 54.6 Å². The lowest BCUT2D eigenvalue weighted by molar-refractivity contribution is -0.136. The minimum Gasteiger partial charge on any atom is -0.497 e. The number of hydrogen-bond acceptors (Lipinski definition) is 6. The van der Waals surface area contributed by atoms with Gasteiger partial charge in [0.2, 0.25) is 0 Å². The third-order valence-corrected chi connectivity index (χ3v) is 5.47. The number of ether oxygens (including phenoxy) is 3. The van der Waals surface area contributed by atoms with Crippen molar-refractivity contribution in [3.63, 3.8) is 0 Å². The Labute approximate surface area is 188 Å². The van der Waals surface area contributed by atoms with Crippen LogP contribution in [0.25, 0.3) is 0 Å². The molecule has 0 aliphatic rings. The van der Waals surface area contributed by atoms with Crippen molar-refractivity contribution in [1.82, 2.24) is 5.32 Å². The maximum Gasteiger partial charge on any atom is 0.412 e. The zero-order chi connectivity index (χ0) is 22.6. The first-order valence-corrected chi connectivity index (χ1v) is 11.0. The van der Waals surface area contributed by atoms with Crippen LogP contribution in [0, 0.1) is 5.92 Å². The Bertz CT molecular complexity index is 879. The molecule has 2 aromatic rings. The molecule has 0 unspecified atom stereocenters. The number of esters is 1. The summed E-state index contributed by atoms with van der Waals surface area (Å²) in [5, 5.41) is 2.60. The molecule has 0 spiro atoms. The van der Waals surface area contributed by atoms with Crippen molar-refractivity contribution in [3.8, 4) is 5.75 Å². The van der Waals surface area contributed by atoms with Crippen LogP contribution in [0.4, 0.5) is 4.79 Å². The highest BCUT2D eigenvalue weighted by molar-refractivity contribution is 8.02. The average molecular weight is 444 g/mol. The van der Waals surface area contributed by atoms with Crippen LogP contribution < -0.4 is 10.1 Å². The number of allylic oxidation sites excluding steroid dienone is 1. The smallest absolute Gasteiger partial charge is 0.412 e. The molecule has 2 aromatic carbocycles. The Hall–Kier alpha value is -2.93. The molecule has 0 aliphatic heterocycles. The van der Waals surface area contributed by atoms with Crippen molar-refractivity contribution < 1.29 is 23.8 Å². The molecule has 2 rings (SSSR count). The third kappa shape index (κ3) is 8.38. The highest BCUT2D eigenvalue weighted by Crippen LogP contribution is 2.30. The summed E-state index contributed by atoms with van der Waals surface area (Å²) in [4.78, 5) is 25.6. The number of benzene rings is 2. The fourth-order valence-corrected chi connectivity index (χ4v) is 3.96. The highest BCUT2D eigenvalue weighted by Gasteiger charge is 2.21. The number of alkyl carbamates (subject to hydrolysis) is 1. The van der Waals surface area contributed by atoms with Gasteiger partial charge in [0.1, 0.15) is 18.1 Å². The second kappa shape index (κ2) is 12.7. The molecule has 0 aliphatic carbocycles. The summed E-state index contributed by atoms with van der Waals surface area (Å²) in [5.41, 5.74) is 2.05.